The summed E-state index contributed by atoms with van der Waals surface area (Å²) in [6.45, 7) is 24.7. The first-order valence-electron chi connectivity index (χ1n) is 40.1. The van der Waals surface area contributed by atoms with Crippen molar-refractivity contribution < 1.29 is 67.2 Å². The second kappa shape index (κ2) is 36.1. The van der Waals surface area contributed by atoms with E-state index in [1.165, 1.54) is 11.1 Å². The van der Waals surface area contributed by atoms with Gasteiger partial charge in [-0.3, -0.25) is 9.59 Å². The molecule has 0 saturated heterocycles. The van der Waals surface area contributed by atoms with Crippen LogP contribution in [0.5, 0.6) is 34.5 Å². The first-order valence-corrected chi connectivity index (χ1v) is 42.3. The van der Waals surface area contributed by atoms with E-state index in [1.54, 1.807) is 18.2 Å². The lowest BCUT2D eigenvalue weighted by Gasteiger charge is -2.34. The number of fused-ring (bicyclic) bond motifs is 4. The van der Waals surface area contributed by atoms with Gasteiger partial charge in [-0.05, 0) is 353 Å². The number of phenols is 2. The van der Waals surface area contributed by atoms with Crippen LogP contribution in [0.25, 0.3) is 43.1 Å². The maximum absolute atomic E-state index is 14.6. The highest BCUT2D eigenvalue weighted by molar-refractivity contribution is 14.1. The molecule has 6 unspecified atom stereocenters. The van der Waals surface area contributed by atoms with Gasteiger partial charge in [-0.25, -0.2) is 4.79 Å². The molecule has 0 spiro atoms. The lowest BCUT2D eigenvalue weighted by Crippen LogP contribution is -2.37. The van der Waals surface area contributed by atoms with Gasteiger partial charge >= 0.3 is 17.9 Å². The Morgan fingerprint density at radius 1 is 0.455 bits per heavy atom. The minimum atomic E-state index is -0.991. The van der Waals surface area contributed by atoms with E-state index >= 15 is 0 Å². The van der Waals surface area contributed by atoms with E-state index in [2.05, 4.69) is 152 Å². The summed E-state index contributed by atoms with van der Waals surface area (Å²) in [6, 6.07) is 60.2. The number of rotatable bonds is 35. The predicted molar refractivity (Wildman–Crippen MR) is 462 cm³/mol. The number of aromatic hydroxyl groups is 2. The van der Waals surface area contributed by atoms with Crippen molar-refractivity contribution in [1.82, 2.24) is 0 Å². The molecule has 0 aliphatic heterocycles. The summed E-state index contributed by atoms with van der Waals surface area (Å²) in [7, 11) is 0. The largest absolute Gasteiger partial charge is 0.508 e. The van der Waals surface area contributed by atoms with Gasteiger partial charge in [0.15, 0.2) is 12.6 Å². The molecule has 0 amide bonds. The molecular formula is C96H110I2O14. The van der Waals surface area contributed by atoms with E-state index < -0.39 is 46.2 Å². The average Bonchev–Trinajstić information content (AvgIpc) is 0.959. The smallest absolute Gasteiger partial charge is 0.342 e. The fourth-order valence-electron chi connectivity index (χ4n) is 17.0. The molecule has 2 aliphatic carbocycles. The average molecular weight is 1740 g/mol. The molecule has 2 saturated carbocycles. The van der Waals surface area contributed by atoms with Crippen LogP contribution in [0.4, 0.5) is 0 Å². The number of phenolic OH excluding ortho intramolecular Hbond substituents is 2. The highest BCUT2D eigenvalue weighted by Gasteiger charge is 2.43. The van der Waals surface area contributed by atoms with Crippen molar-refractivity contribution in [2.75, 3.05) is 26.4 Å². The number of carbonyl (C=O) groups excluding carboxylic acids is 3. The Hall–Kier alpha value is -8.17. The normalized spacial score (nSPS) is 16.0. The summed E-state index contributed by atoms with van der Waals surface area (Å²) in [6.07, 6.45) is 11.0. The van der Waals surface area contributed by atoms with Gasteiger partial charge in [0.05, 0.1) is 31.2 Å². The quantitative estimate of drug-likeness (QED) is 0.0126. The summed E-state index contributed by atoms with van der Waals surface area (Å²) in [5.41, 5.74) is 2.41. The second-order valence-electron chi connectivity index (χ2n) is 33.3. The van der Waals surface area contributed by atoms with Gasteiger partial charge in [0.25, 0.3) is 0 Å². The van der Waals surface area contributed by atoms with Crippen LogP contribution < -0.4 is 18.9 Å². The summed E-state index contributed by atoms with van der Waals surface area (Å²) < 4.78 is 58.7. The molecule has 592 valence electrons. The van der Waals surface area contributed by atoms with Crippen LogP contribution in [0.2, 0.25) is 0 Å². The van der Waals surface area contributed by atoms with Crippen LogP contribution in [0, 0.1) is 18.0 Å². The number of benzene rings is 10. The summed E-state index contributed by atoms with van der Waals surface area (Å²) in [4.78, 5) is 42.9. The third-order valence-electron chi connectivity index (χ3n) is 23.2. The van der Waals surface area contributed by atoms with Gasteiger partial charge < -0.3 is 52.8 Å². The van der Waals surface area contributed by atoms with Crippen molar-refractivity contribution in [3.05, 3.63) is 223 Å². The van der Waals surface area contributed by atoms with Gasteiger partial charge in [-0.2, -0.15) is 0 Å². The van der Waals surface area contributed by atoms with E-state index in [-0.39, 0.29) is 79.1 Å². The van der Waals surface area contributed by atoms with Crippen molar-refractivity contribution in [3.63, 3.8) is 0 Å². The molecule has 2 N–H and O–H groups in total. The number of halogens is 2. The summed E-state index contributed by atoms with van der Waals surface area (Å²) in [5, 5.41) is 29.4. The number of hydrogen-bond acceptors (Lipinski definition) is 14. The Bertz CT molecular complexity index is 4960. The van der Waals surface area contributed by atoms with Crippen LogP contribution in [-0.2, 0) is 38.9 Å². The van der Waals surface area contributed by atoms with Crippen LogP contribution >= 0.6 is 45.2 Å². The first-order chi connectivity index (χ1) is 53.5. The molecule has 10 aromatic rings. The first kappa shape index (κ1) is 83.3. The predicted octanol–water partition coefficient (Wildman–Crippen LogP) is 24.6. The highest BCUT2D eigenvalue weighted by Crippen LogP contribution is 2.49. The van der Waals surface area contributed by atoms with Crippen LogP contribution in [0.15, 0.2) is 182 Å². The van der Waals surface area contributed by atoms with Crippen LogP contribution in [0.3, 0.4) is 0 Å². The lowest BCUT2D eigenvalue weighted by atomic mass is 9.73. The van der Waals surface area contributed by atoms with Crippen molar-refractivity contribution in [3.8, 4) is 34.5 Å². The Balaban J connectivity index is 0.684. The number of ether oxygens (including phenoxy) is 9. The molecule has 10 aromatic carbocycles. The zero-order chi connectivity index (χ0) is 79.7. The van der Waals surface area contributed by atoms with Crippen molar-refractivity contribution in [2.24, 2.45) is 10.8 Å². The summed E-state index contributed by atoms with van der Waals surface area (Å²) in [5.74, 6) is 1.92. The second-order valence-corrected chi connectivity index (χ2v) is 35.4. The van der Waals surface area contributed by atoms with Crippen molar-refractivity contribution in [1.29, 1.82) is 0 Å². The molecule has 0 radical (unpaired) electrons. The van der Waals surface area contributed by atoms with Crippen LogP contribution in [-0.4, -0.2) is 78.3 Å². The standard InChI is InChI=1S/C96H110I2O14/c1-13-63(52-69(78-34-22-26-65-54-72(99)36-40-80(65)78)59-92(5,6)90(102)111-95(11)44-18-19-45-95)76-32-24-28-67-56-74(38-42-82(67)76)108-61(3)104-48-50-106-85-58-84(89(101)110-94(9,10)71-30-16-15-17-31-71)88(87(98)86(85)97)107-51-49-105-62(4)109-75-39-43-83-68(57-75)29-25-33-77(83)64(14-2)53-70(79-35-23-27-66-55-73(100)37-41-81(66)79)60-93(7,8)91(103)112-96(12)46-20-21-47-96/h15-17,22-43,54-58,61-64,69-70,99-100H,13-14,18-21,44-53,59-60H2,1-12H3. The van der Waals surface area contributed by atoms with Crippen LogP contribution in [0.1, 0.15) is 235 Å². The zero-order valence-electron chi connectivity index (χ0n) is 67.1. The number of hydrogen-bond donors (Lipinski definition) is 2. The van der Waals surface area contributed by atoms with Gasteiger partial charge in [0.2, 0.25) is 0 Å². The minimum Gasteiger partial charge on any atom is -0.508 e. The highest BCUT2D eigenvalue weighted by atomic mass is 127. The number of carbonyl (C=O) groups is 3. The molecule has 0 bridgehead atoms. The maximum atomic E-state index is 14.6. The summed E-state index contributed by atoms with van der Waals surface area (Å²) >= 11 is 4.42. The van der Waals surface area contributed by atoms with E-state index in [0.717, 1.165) is 140 Å². The Labute approximate surface area is 688 Å². The molecule has 14 nitrogen and oxygen atoms in total. The molecule has 6 atom stereocenters. The molecule has 112 heavy (non-hydrogen) atoms. The van der Waals surface area contributed by atoms with E-state index in [1.807, 2.05) is 140 Å². The minimum absolute atomic E-state index is 0.00502. The van der Waals surface area contributed by atoms with E-state index in [9.17, 15) is 24.6 Å². The Morgan fingerprint density at radius 2 is 0.848 bits per heavy atom. The number of esters is 3. The Kier molecular flexibility index (Phi) is 26.8. The molecule has 12 rings (SSSR count). The van der Waals surface area contributed by atoms with E-state index in [0.29, 0.717) is 39.4 Å². The fourth-order valence-corrected chi connectivity index (χ4v) is 18.3. The molecular weight excluding hydrogens is 1630 g/mol. The van der Waals surface area contributed by atoms with Gasteiger partial charge in [0.1, 0.15) is 70.1 Å². The maximum Gasteiger partial charge on any atom is 0.342 e. The molecule has 0 aromatic heterocycles. The molecule has 0 heterocycles. The lowest BCUT2D eigenvalue weighted by molar-refractivity contribution is -0.170. The monoisotopic (exact) mass is 1740 g/mol. The fraction of sp³-hybridized carbons (Fsp3) is 0.427. The third kappa shape index (κ3) is 20.1. The molecule has 16 heteroatoms. The topological polar surface area (TPSA) is 175 Å². The zero-order valence-corrected chi connectivity index (χ0v) is 71.4. The Morgan fingerprint density at radius 3 is 1.27 bits per heavy atom. The van der Waals surface area contributed by atoms with Crippen molar-refractivity contribution in [2.45, 2.75) is 226 Å². The van der Waals surface area contributed by atoms with Crippen molar-refractivity contribution >= 4 is 106 Å². The van der Waals surface area contributed by atoms with E-state index in [4.69, 9.17) is 42.6 Å². The molecule has 2 aliphatic rings. The SMILES string of the molecule is CCC(CC(CC(C)(C)C(=O)OC1(C)CCCC1)c1cccc2cc(O)ccc12)c1cccc2cc(OC(C)OCCOc3cc(C(=O)OC(C)(C)c4ccccc4)c(OCCOC(C)Oc4ccc5c(C(CC)CC(CC(C)(C)C(=O)OC6(C)CCCC6)c6cccc7cc(O)ccc67)cccc5c4)c(I)c3I)ccc12. The van der Waals surface area contributed by atoms with Gasteiger partial charge in [-0.1, -0.05) is 141 Å². The van der Waals surface area contributed by atoms with Gasteiger partial charge in [0, 0.05) is 0 Å². The third-order valence-corrected chi connectivity index (χ3v) is 26.3. The molecule has 2 fully saturated rings. The van der Waals surface area contributed by atoms with Gasteiger partial charge in [-0.15, -0.1) is 0 Å².